The van der Waals surface area contributed by atoms with Gasteiger partial charge < -0.3 is 15.3 Å². The molecule has 0 bridgehead atoms. The highest BCUT2D eigenvalue weighted by Gasteiger charge is 2.32. The molecule has 102 valence electrons. The fourth-order valence-corrected chi connectivity index (χ4v) is 2.97. The van der Waals surface area contributed by atoms with Crippen molar-refractivity contribution < 1.29 is 14.7 Å². The molecule has 1 aliphatic heterocycles. The second-order valence-electron chi connectivity index (χ2n) is 5.19. The first-order chi connectivity index (χ1) is 9.17. The molecule has 1 aliphatic carbocycles. The molecule has 2 fully saturated rings. The number of nitrogens with zero attached hydrogens (tertiary/aromatic N) is 1. The van der Waals surface area contributed by atoms with Gasteiger partial charge in [-0.3, -0.25) is 9.59 Å². The minimum atomic E-state index is -0.0124. The van der Waals surface area contributed by atoms with E-state index in [9.17, 15) is 9.59 Å². The molecule has 0 atom stereocenters. The third-order valence-corrected chi connectivity index (χ3v) is 4.50. The normalized spacial score (nSPS) is 19.1. The number of aliphatic hydroxyl groups excluding tert-OH is 1. The van der Waals surface area contributed by atoms with Crippen molar-refractivity contribution in [2.45, 2.75) is 12.8 Å². The van der Waals surface area contributed by atoms with Crippen LogP contribution in [-0.2, 0) is 4.79 Å². The van der Waals surface area contributed by atoms with E-state index in [2.05, 4.69) is 5.32 Å². The van der Waals surface area contributed by atoms with E-state index >= 15 is 0 Å². The van der Waals surface area contributed by atoms with Crippen LogP contribution in [0.25, 0.3) is 0 Å². The number of hydrogen-bond acceptors (Lipinski definition) is 4. The number of thiophene rings is 1. The van der Waals surface area contributed by atoms with Gasteiger partial charge in [-0.15, -0.1) is 11.3 Å². The van der Waals surface area contributed by atoms with Crippen LogP contribution in [-0.4, -0.2) is 41.5 Å². The van der Waals surface area contributed by atoms with Gasteiger partial charge in [0.2, 0.25) is 5.91 Å². The molecule has 0 unspecified atom stereocenters. The van der Waals surface area contributed by atoms with Crippen LogP contribution in [0.1, 0.15) is 22.5 Å². The summed E-state index contributed by atoms with van der Waals surface area (Å²) in [5, 5.41) is 12.5. The monoisotopic (exact) mass is 280 g/mol. The van der Waals surface area contributed by atoms with Gasteiger partial charge in [-0.25, -0.2) is 0 Å². The van der Waals surface area contributed by atoms with Crippen molar-refractivity contribution in [2.24, 2.45) is 11.8 Å². The molecule has 0 aromatic carbocycles. The number of carbonyl (C=O) groups excluding carboxylic acids is 2. The van der Waals surface area contributed by atoms with Crippen LogP contribution >= 0.6 is 11.3 Å². The summed E-state index contributed by atoms with van der Waals surface area (Å²) in [6, 6.07) is 3.53. The molecule has 1 aromatic rings. The zero-order chi connectivity index (χ0) is 13.4. The topological polar surface area (TPSA) is 69.6 Å². The van der Waals surface area contributed by atoms with Crippen LogP contribution < -0.4 is 5.32 Å². The lowest BCUT2D eigenvalue weighted by Gasteiger charge is -2.37. The largest absolute Gasteiger partial charge is 0.396 e. The quantitative estimate of drug-likeness (QED) is 0.869. The molecule has 2 amide bonds. The van der Waals surface area contributed by atoms with Gasteiger partial charge in [0.1, 0.15) is 0 Å². The lowest BCUT2D eigenvalue weighted by atomic mass is 10.0. The number of likely N-dealkylation sites (tertiary alicyclic amines) is 1. The Kier molecular flexibility index (Phi) is 3.28. The maximum Gasteiger partial charge on any atom is 0.264 e. The molecule has 1 aromatic heterocycles. The predicted octanol–water partition coefficient (Wildman–Crippen LogP) is 1.16. The van der Waals surface area contributed by atoms with Gasteiger partial charge in [-0.2, -0.15) is 0 Å². The fraction of sp³-hybridized carbons (Fsp3) is 0.538. The van der Waals surface area contributed by atoms with Crippen LogP contribution in [0.5, 0.6) is 0 Å². The molecule has 0 spiro atoms. The van der Waals surface area contributed by atoms with E-state index in [1.165, 1.54) is 11.3 Å². The maximum absolute atomic E-state index is 12.1. The lowest BCUT2D eigenvalue weighted by Crippen LogP contribution is -2.51. The molecule has 0 radical (unpaired) electrons. The first-order valence-electron chi connectivity index (χ1n) is 6.48. The summed E-state index contributed by atoms with van der Waals surface area (Å²) in [6.45, 7) is 1.38. The Hall–Kier alpha value is -1.40. The smallest absolute Gasteiger partial charge is 0.264 e. The van der Waals surface area contributed by atoms with Gasteiger partial charge in [0.05, 0.1) is 9.88 Å². The van der Waals surface area contributed by atoms with Crippen LogP contribution in [0.3, 0.4) is 0 Å². The van der Waals surface area contributed by atoms with Gasteiger partial charge in [0.25, 0.3) is 5.91 Å². The zero-order valence-electron chi connectivity index (χ0n) is 10.5. The third kappa shape index (κ3) is 2.64. The van der Waals surface area contributed by atoms with Crippen LogP contribution in [0.2, 0.25) is 0 Å². The second kappa shape index (κ2) is 4.94. The van der Waals surface area contributed by atoms with Crippen molar-refractivity contribution in [1.82, 2.24) is 4.90 Å². The van der Waals surface area contributed by atoms with Crippen molar-refractivity contribution in [3.05, 3.63) is 17.0 Å². The third-order valence-electron chi connectivity index (χ3n) is 3.51. The predicted molar refractivity (Wildman–Crippen MR) is 72.2 cm³/mol. The van der Waals surface area contributed by atoms with Crippen molar-refractivity contribution in [3.8, 4) is 0 Å². The van der Waals surface area contributed by atoms with E-state index in [1.807, 2.05) is 0 Å². The van der Waals surface area contributed by atoms with Gasteiger partial charge in [-0.1, -0.05) is 0 Å². The number of rotatable bonds is 4. The summed E-state index contributed by atoms with van der Waals surface area (Å²) in [7, 11) is 0. The van der Waals surface area contributed by atoms with Crippen LogP contribution in [0.15, 0.2) is 12.1 Å². The summed E-state index contributed by atoms with van der Waals surface area (Å²) in [4.78, 5) is 26.0. The Labute approximate surface area is 115 Å². The van der Waals surface area contributed by atoms with E-state index in [0.29, 0.717) is 18.0 Å². The number of amides is 2. The number of anilines is 1. The zero-order valence-corrected chi connectivity index (χ0v) is 11.3. The molecular formula is C13H16N2O3S. The van der Waals surface area contributed by atoms with E-state index in [0.717, 1.165) is 17.8 Å². The van der Waals surface area contributed by atoms with Gasteiger partial charge in [0, 0.05) is 31.5 Å². The lowest BCUT2D eigenvalue weighted by molar-refractivity contribution is -0.117. The van der Waals surface area contributed by atoms with Crippen LogP contribution in [0.4, 0.5) is 5.00 Å². The van der Waals surface area contributed by atoms with Gasteiger partial charge >= 0.3 is 0 Å². The minimum Gasteiger partial charge on any atom is -0.396 e. The summed E-state index contributed by atoms with van der Waals surface area (Å²) in [5.74, 6) is 0.437. The summed E-state index contributed by atoms with van der Waals surface area (Å²) < 4.78 is 0. The Morgan fingerprint density at radius 3 is 2.74 bits per heavy atom. The van der Waals surface area contributed by atoms with Crippen molar-refractivity contribution in [2.75, 3.05) is 25.0 Å². The van der Waals surface area contributed by atoms with E-state index in [-0.39, 0.29) is 30.3 Å². The second-order valence-corrected chi connectivity index (χ2v) is 6.27. The SMILES string of the molecule is O=C(Nc1ccc(C(=O)N2CC(CO)C2)s1)C1CC1. The Balaban J connectivity index is 1.58. The molecular weight excluding hydrogens is 264 g/mol. The van der Waals surface area contributed by atoms with E-state index < -0.39 is 0 Å². The highest BCUT2D eigenvalue weighted by molar-refractivity contribution is 7.18. The number of nitrogens with one attached hydrogen (secondary N) is 1. The first-order valence-corrected chi connectivity index (χ1v) is 7.30. The fourth-order valence-electron chi connectivity index (χ4n) is 2.10. The maximum atomic E-state index is 12.1. The molecule has 1 saturated carbocycles. The van der Waals surface area contributed by atoms with Gasteiger partial charge in [-0.05, 0) is 25.0 Å². The van der Waals surface area contributed by atoms with Crippen molar-refractivity contribution in [3.63, 3.8) is 0 Å². The molecule has 2 N–H and O–H groups in total. The molecule has 2 aliphatic rings. The highest BCUT2D eigenvalue weighted by atomic mass is 32.1. The Morgan fingerprint density at radius 1 is 1.37 bits per heavy atom. The van der Waals surface area contributed by atoms with Gasteiger partial charge in [0.15, 0.2) is 0 Å². The average Bonchev–Trinajstić information content (AvgIpc) is 3.09. The Bertz CT molecular complexity index is 504. The highest BCUT2D eigenvalue weighted by Crippen LogP contribution is 2.32. The molecule has 19 heavy (non-hydrogen) atoms. The summed E-state index contributed by atoms with van der Waals surface area (Å²) >= 11 is 1.32. The average molecular weight is 280 g/mol. The summed E-state index contributed by atoms with van der Waals surface area (Å²) in [6.07, 6.45) is 1.94. The van der Waals surface area contributed by atoms with E-state index in [1.54, 1.807) is 17.0 Å². The standard InChI is InChI=1S/C13H16N2O3S/c16-7-8-5-15(6-8)13(18)10-3-4-11(19-10)14-12(17)9-1-2-9/h3-4,8-9,16H,1-2,5-7H2,(H,14,17). The minimum absolute atomic E-state index is 0.0124. The first kappa shape index (κ1) is 12.6. The molecule has 6 heteroatoms. The number of hydrogen-bond donors (Lipinski definition) is 2. The van der Waals surface area contributed by atoms with Crippen molar-refractivity contribution in [1.29, 1.82) is 0 Å². The van der Waals surface area contributed by atoms with Crippen LogP contribution in [0, 0.1) is 11.8 Å². The van der Waals surface area contributed by atoms with E-state index in [4.69, 9.17) is 5.11 Å². The number of carbonyl (C=O) groups is 2. The molecule has 2 heterocycles. The summed E-state index contributed by atoms with van der Waals surface area (Å²) in [5.41, 5.74) is 0. The van der Waals surface area contributed by atoms with Crippen molar-refractivity contribution >= 4 is 28.2 Å². The molecule has 5 nitrogen and oxygen atoms in total. The molecule has 3 rings (SSSR count). The number of aliphatic hydroxyl groups is 1. The molecule has 1 saturated heterocycles. The Morgan fingerprint density at radius 2 is 2.11 bits per heavy atom.